The van der Waals surface area contributed by atoms with Crippen molar-refractivity contribution in [1.29, 1.82) is 0 Å². The first kappa shape index (κ1) is 33.4. The number of ether oxygens (including phenoxy) is 3. The number of halogens is 1. The predicted molar refractivity (Wildman–Crippen MR) is 173 cm³/mol. The maximum absolute atomic E-state index is 13.9. The summed E-state index contributed by atoms with van der Waals surface area (Å²) in [6.07, 6.45) is 4.70. The molecule has 0 radical (unpaired) electrons. The van der Waals surface area contributed by atoms with Gasteiger partial charge in [-0.1, -0.05) is 48.5 Å². The van der Waals surface area contributed by atoms with Crippen molar-refractivity contribution >= 4 is 21.7 Å². The molecule has 3 aromatic rings. The van der Waals surface area contributed by atoms with Crippen molar-refractivity contribution in [2.24, 2.45) is 0 Å². The summed E-state index contributed by atoms with van der Waals surface area (Å²) >= 11 is 0. The summed E-state index contributed by atoms with van der Waals surface area (Å²) in [5.41, 5.74) is 3.20. The molecular formula is C35H41FN2O7S. The third-order valence-electron chi connectivity index (χ3n) is 8.69. The van der Waals surface area contributed by atoms with Gasteiger partial charge in [0.15, 0.2) is 0 Å². The first-order valence-corrected chi connectivity index (χ1v) is 17.3. The van der Waals surface area contributed by atoms with Crippen molar-refractivity contribution in [1.82, 2.24) is 9.21 Å². The largest absolute Gasteiger partial charge is 0.508 e. The van der Waals surface area contributed by atoms with Crippen LogP contribution in [0.25, 0.3) is 5.57 Å². The summed E-state index contributed by atoms with van der Waals surface area (Å²) in [5, 5.41) is 9.83. The Balaban J connectivity index is 1.36. The van der Waals surface area contributed by atoms with E-state index in [2.05, 4.69) is 0 Å². The number of likely N-dealkylation sites (tertiary alicyclic amines) is 1. The number of aromatic hydroxyl groups is 1. The first-order chi connectivity index (χ1) is 22.0. The number of carbonyl (C=O) groups is 1. The second-order valence-corrected chi connectivity index (χ2v) is 13.9. The van der Waals surface area contributed by atoms with E-state index in [-0.39, 0.29) is 37.7 Å². The van der Waals surface area contributed by atoms with E-state index in [4.69, 9.17) is 14.2 Å². The van der Waals surface area contributed by atoms with E-state index in [0.29, 0.717) is 37.0 Å². The van der Waals surface area contributed by atoms with Gasteiger partial charge in [0.25, 0.3) is 0 Å². The predicted octanol–water partition coefficient (Wildman–Crippen LogP) is 6.12. The zero-order valence-electron chi connectivity index (χ0n) is 26.3. The van der Waals surface area contributed by atoms with Gasteiger partial charge >= 0.3 is 6.09 Å². The minimum Gasteiger partial charge on any atom is -0.508 e. The number of allylic oxidation sites excluding steroid dienone is 1. The maximum atomic E-state index is 13.9. The van der Waals surface area contributed by atoms with Crippen LogP contribution in [0.15, 0.2) is 78.9 Å². The number of benzene rings is 3. The fraction of sp³-hybridized carbons (Fsp3) is 0.400. The highest BCUT2D eigenvalue weighted by Gasteiger charge is 2.48. The normalized spacial score (nSPS) is 21.7. The summed E-state index contributed by atoms with van der Waals surface area (Å²) < 4.78 is 59.3. The molecule has 1 fully saturated rings. The van der Waals surface area contributed by atoms with Crippen LogP contribution < -0.4 is 4.74 Å². The Labute approximate surface area is 270 Å². The Kier molecular flexibility index (Phi) is 10.7. The summed E-state index contributed by atoms with van der Waals surface area (Å²) in [4.78, 5) is 15.2. The van der Waals surface area contributed by atoms with Gasteiger partial charge in [-0.25, -0.2) is 17.6 Å². The SMILES string of the molecule is COc1ccc(CN([C@H]2C[C@@H](C)N(C(=O)OCc3ccccc3)[C@H]2COC2CC=C(c3cc(O)cc(F)c3)CC2)S(C)(=O)=O)cc1. The molecule has 0 bridgehead atoms. The van der Waals surface area contributed by atoms with Gasteiger partial charge in [0.1, 0.15) is 23.9 Å². The molecule has 1 unspecified atom stereocenters. The van der Waals surface area contributed by atoms with Crippen LogP contribution in [0.1, 0.15) is 49.3 Å². The Morgan fingerprint density at radius 1 is 1.07 bits per heavy atom. The van der Waals surface area contributed by atoms with Gasteiger partial charge in [0.05, 0.1) is 32.1 Å². The van der Waals surface area contributed by atoms with Crippen molar-refractivity contribution in [2.75, 3.05) is 20.0 Å². The van der Waals surface area contributed by atoms with Gasteiger partial charge in [-0.05, 0) is 79.1 Å². The number of phenolic OH excluding ortho intramolecular Hbond substituents is 1. The molecular weight excluding hydrogens is 611 g/mol. The second kappa shape index (κ2) is 14.7. The van der Waals surface area contributed by atoms with Crippen LogP contribution >= 0.6 is 0 Å². The molecule has 5 rings (SSSR count). The number of carbonyl (C=O) groups excluding carboxylic acids is 1. The van der Waals surface area contributed by atoms with E-state index < -0.39 is 34.0 Å². The zero-order valence-corrected chi connectivity index (χ0v) is 27.2. The van der Waals surface area contributed by atoms with Crippen molar-refractivity contribution < 1.29 is 36.9 Å². The summed E-state index contributed by atoms with van der Waals surface area (Å²) in [5.74, 6) is 0.0432. The van der Waals surface area contributed by atoms with Crippen LogP contribution in [0, 0.1) is 5.82 Å². The Morgan fingerprint density at radius 3 is 2.43 bits per heavy atom. The molecule has 4 atom stereocenters. The van der Waals surface area contributed by atoms with Crippen LogP contribution in [0.2, 0.25) is 0 Å². The number of rotatable bonds is 11. The lowest BCUT2D eigenvalue weighted by Gasteiger charge is -2.35. The zero-order chi connectivity index (χ0) is 32.8. The molecule has 2 aliphatic rings. The lowest BCUT2D eigenvalue weighted by Crippen LogP contribution is -2.51. The summed E-state index contributed by atoms with van der Waals surface area (Å²) in [7, 11) is -2.13. The van der Waals surface area contributed by atoms with Crippen molar-refractivity contribution in [3.8, 4) is 11.5 Å². The van der Waals surface area contributed by atoms with E-state index >= 15 is 0 Å². The topological polar surface area (TPSA) is 106 Å². The van der Waals surface area contributed by atoms with Crippen LogP contribution in [0.3, 0.4) is 0 Å². The Bertz CT molecular complexity index is 1610. The van der Waals surface area contributed by atoms with E-state index in [1.807, 2.05) is 55.5 Å². The van der Waals surface area contributed by atoms with Crippen LogP contribution in [-0.4, -0.2) is 73.0 Å². The quantitative estimate of drug-likeness (QED) is 0.266. The molecule has 0 spiro atoms. The van der Waals surface area contributed by atoms with Crippen molar-refractivity contribution in [3.63, 3.8) is 0 Å². The Hall–Kier alpha value is -3.93. The molecule has 46 heavy (non-hydrogen) atoms. The number of methoxy groups -OCH3 is 1. The lowest BCUT2D eigenvalue weighted by atomic mass is 9.92. The number of nitrogens with zero attached hydrogens (tertiary/aromatic N) is 2. The third kappa shape index (κ3) is 8.26. The smallest absolute Gasteiger partial charge is 0.410 e. The minimum absolute atomic E-state index is 0.0919. The Morgan fingerprint density at radius 2 is 1.80 bits per heavy atom. The molecule has 11 heteroatoms. The second-order valence-electron chi connectivity index (χ2n) is 12.0. The number of sulfonamides is 1. The molecule has 1 aliphatic heterocycles. The monoisotopic (exact) mass is 652 g/mol. The van der Waals surface area contributed by atoms with Crippen LogP contribution in [0.4, 0.5) is 9.18 Å². The van der Waals surface area contributed by atoms with Gasteiger partial charge in [0.2, 0.25) is 10.0 Å². The molecule has 3 aromatic carbocycles. The molecule has 1 saturated heterocycles. The van der Waals surface area contributed by atoms with Crippen molar-refractivity contribution in [3.05, 3.63) is 101 Å². The average molecular weight is 653 g/mol. The van der Waals surface area contributed by atoms with E-state index in [1.165, 1.54) is 16.6 Å². The van der Waals surface area contributed by atoms with Gasteiger partial charge in [-0.15, -0.1) is 0 Å². The molecule has 1 N–H and O–H groups in total. The van der Waals surface area contributed by atoms with Gasteiger partial charge in [-0.2, -0.15) is 4.31 Å². The highest BCUT2D eigenvalue weighted by atomic mass is 32.2. The average Bonchev–Trinajstić information content (AvgIpc) is 3.36. The molecule has 9 nitrogen and oxygen atoms in total. The standard InChI is InChI=1S/C35H41FN2O7S/c1-24-17-33(37(46(3,41)42)21-25-9-13-31(43-2)14-10-25)34(38(24)35(40)45-22-26-7-5-4-6-8-26)23-44-32-15-11-27(12-16-32)28-18-29(36)20-30(39)19-28/h4-11,13-14,18-20,24,32-34,39H,12,15-17,21-23H2,1-3H3/t24-,32?,33+,34+/m1/s1. The number of hydrogen-bond acceptors (Lipinski definition) is 7. The van der Waals surface area contributed by atoms with Gasteiger partial charge < -0.3 is 19.3 Å². The maximum Gasteiger partial charge on any atom is 0.410 e. The molecule has 246 valence electrons. The number of phenols is 1. The van der Waals surface area contributed by atoms with E-state index in [1.54, 1.807) is 30.2 Å². The summed E-state index contributed by atoms with van der Waals surface area (Å²) in [6, 6.07) is 19.2. The molecule has 0 saturated carbocycles. The summed E-state index contributed by atoms with van der Waals surface area (Å²) in [6.45, 7) is 2.22. The fourth-order valence-electron chi connectivity index (χ4n) is 6.35. The molecule has 1 amide bonds. The molecule has 1 aliphatic carbocycles. The minimum atomic E-state index is -3.70. The van der Waals surface area contributed by atoms with Gasteiger partial charge in [-0.3, -0.25) is 4.90 Å². The number of hydrogen-bond donors (Lipinski definition) is 1. The van der Waals surface area contributed by atoms with Crippen molar-refractivity contribution in [2.45, 2.75) is 70.0 Å². The van der Waals surface area contributed by atoms with Gasteiger partial charge in [0, 0.05) is 24.7 Å². The van der Waals surface area contributed by atoms with E-state index in [0.717, 1.165) is 22.8 Å². The fourth-order valence-corrected chi connectivity index (χ4v) is 7.45. The van der Waals surface area contributed by atoms with Crippen LogP contribution in [0.5, 0.6) is 11.5 Å². The highest BCUT2D eigenvalue weighted by molar-refractivity contribution is 7.88. The molecule has 1 heterocycles. The van der Waals surface area contributed by atoms with E-state index in [9.17, 15) is 22.7 Å². The first-order valence-electron chi connectivity index (χ1n) is 15.4. The lowest BCUT2D eigenvalue weighted by molar-refractivity contribution is -0.00302. The third-order valence-corrected chi connectivity index (χ3v) is 9.94. The highest BCUT2D eigenvalue weighted by Crippen LogP contribution is 2.35. The number of amides is 1. The van der Waals surface area contributed by atoms with Crippen LogP contribution in [-0.2, 0) is 32.6 Å². The molecule has 0 aromatic heterocycles.